The second kappa shape index (κ2) is 13.6. The lowest BCUT2D eigenvalue weighted by Gasteiger charge is -2.19. The fourth-order valence-corrected chi connectivity index (χ4v) is 3.48. The number of hydrogen-bond acceptors (Lipinski definition) is 5. The lowest BCUT2D eigenvalue weighted by molar-refractivity contribution is -0.129. The molecular formula is C28H32N4O4. The van der Waals surface area contributed by atoms with Crippen molar-refractivity contribution in [2.75, 3.05) is 0 Å². The summed E-state index contributed by atoms with van der Waals surface area (Å²) in [6, 6.07) is 20.2. The molecule has 2 unspecified atom stereocenters. The summed E-state index contributed by atoms with van der Waals surface area (Å²) in [6.07, 6.45) is 4.03. The summed E-state index contributed by atoms with van der Waals surface area (Å²) in [5.74, 6) is -0.768. The van der Waals surface area contributed by atoms with E-state index in [2.05, 4.69) is 15.6 Å². The molecule has 188 valence electrons. The number of pyridine rings is 1. The summed E-state index contributed by atoms with van der Waals surface area (Å²) in [4.78, 5) is 40.8. The molecule has 2 aromatic carbocycles. The smallest absolute Gasteiger partial charge is 0.243 e. The third-order valence-electron chi connectivity index (χ3n) is 5.77. The van der Waals surface area contributed by atoms with Crippen LogP contribution in [0.5, 0.6) is 5.75 Å². The molecule has 0 spiro atoms. The summed E-state index contributed by atoms with van der Waals surface area (Å²) in [5.41, 5.74) is 8.13. The summed E-state index contributed by atoms with van der Waals surface area (Å²) in [6.45, 7) is 2.45. The van der Waals surface area contributed by atoms with E-state index in [4.69, 9.17) is 10.5 Å². The lowest BCUT2D eigenvalue weighted by Crippen LogP contribution is -2.48. The highest BCUT2D eigenvalue weighted by Gasteiger charge is 2.22. The van der Waals surface area contributed by atoms with Crippen molar-refractivity contribution in [1.82, 2.24) is 15.6 Å². The van der Waals surface area contributed by atoms with Gasteiger partial charge in [0.1, 0.15) is 18.4 Å². The number of nitrogens with zero attached hydrogens (tertiary/aromatic N) is 1. The van der Waals surface area contributed by atoms with Gasteiger partial charge in [-0.15, -0.1) is 0 Å². The molecular weight excluding hydrogens is 456 g/mol. The molecule has 3 rings (SSSR count). The molecule has 0 saturated carbocycles. The highest BCUT2D eigenvalue weighted by atomic mass is 16.5. The monoisotopic (exact) mass is 488 g/mol. The fraction of sp³-hybridized carbons (Fsp3) is 0.286. The number of nitrogens with two attached hydrogens (primary N) is 1. The van der Waals surface area contributed by atoms with Crippen LogP contribution < -0.4 is 21.1 Å². The van der Waals surface area contributed by atoms with Crippen molar-refractivity contribution in [2.45, 2.75) is 45.4 Å². The standard InChI is InChI=1S/C28H32N4O4/c1-20(27(29)34)7-12-26(33)32-25(28(35)31-18-22-13-15-30-16-14-22)17-21-8-10-24(11-9-21)36-19-23-5-3-2-4-6-23/h2-6,8-11,13-16,20,25H,7,12,17-19H2,1H3,(H2,29,34)(H,31,35)(H,32,33). The van der Waals surface area contributed by atoms with E-state index in [0.29, 0.717) is 31.7 Å². The predicted molar refractivity (Wildman–Crippen MR) is 137 cm³/mol. The predicted octanol–water partition coefficient (Wildman–Crippen LogP) is 2.91. The van der Waals surface area contributed by atoms with E-state index in [1.165, 1.54) is 0 Å². The molecule has 0 radical (unpaired) electrons. The first-order valence-electron chi connectivity index (χ1n) is 11.9. The minimum Gasteiger partial charge on any atom is -0.489 e. The van der Waals surface area contributed by atoms with E-state index >= 15 is 0 Å². The molecule has 4 N–H and O–H groups in total. The summed E-state index contributed by atoms with van der Waals surface area (Å²) >= 11 is 0. The van der Waals surface area contributed by atoms with Gasteiger partial charge in [0.15, 0.2) is 0 Å². The van der Waals surface area contributed by atoms with Crippen molar-refractivity contribution in [1.29, 1.82) is 0 Å². The number of hydrogen-bond donors (Lipinski definition) is 3. The number of rotatable bonds is 13. The van der Waals surface area contributed by atoms with E-state index in [0.717, 1.165) is 16.7 Å². The zero-order valence-corrected chi connectivity index (χ0v) is 20.4. The van der Waals surface area contributed by atoms with E-state index < -0.39 is 17.9 Å². The van der Waals surface area contributed by atoms with Crippen molar-refractivity contribution < 1.29 is 19.1 Å². The number of primary amides is 1. The van der Waals surface area contributed by atoms with Gasteiger partial charge in [0.2, 0.25) is 17.7 Å². The summed E-state index contributed by atoms with van der Waals surface area (Å²) in [7, 11) is 0. The maximum absolute atomic E-state index is 13.0. The van der Waals surface area contributed by atoms with E-state index in [-0.39, 0.29) is 18.2 Å². The number of ether oxygens (including phenoxy) is 1. The van der Waals surface area contributed by atoms with Gasteiger partial charge < -0.3 is 21.1 Å². The Labute approximate surface area is 211 Å². The third kappa shape index (κ3) is 8.87. The highest BCUT2D eigenvalue weighted by Crippen LogP contribution is 2.16. The van der Waals surface area contributed by atoms with Crippen LogP contribution in [-0.4, -0.2) is 28.7 Å². The minimum atomic E-state index is -0.778. The molecule has 0 bridgehead atoms. The molecule has 1 heterocycles. The van der Waals surface area contributed by atoms with Crippen LogP contribution in [0, 0.1) is 5.92 Å². The van der Waals surface area contributed by atoms with Crippen molar-refractivity contribution in [3.8, 4) is 5.75 Å². The van der Waals surface area contributed by atoms with Gasteiger partial charge in [0, 0.05) is 37.7 Å². The highest BCUT2D eigenvalue weighted by molar-refractivity contribution is 5.88. The van der Waals surface area contributed by atoms with E-state index in [9.17, 15) is 14.4 Å². The van der Waals surface area contributed by atoms with Crippen molar-refractivity contribution in [3.05, 3.63) is 95.8 Å². The number of aromatic nitrogens is 1. The quantitative estimate of drug-likeness (QED) is 0.341. The first kappa shape index (κ1) is 26.4. The fourth-order valence-electron chi connectivity index (χ4n) is 3.48. The zero-order chi connectivity index (χ0) is 25.8. The molecule has 0 aliphatic rings. The van der Waals surface area contributed by atoms with Crippen molar-refractivity contribution in [3.63, 3.8) is 0 Å². The molecule has 1 aromatic heterocycles. The lowest BCUT2D eigenvalue weighted by atomic mass is 10.0. The molecule has 36 heavy (non-hydrogen) atoms. The minimum absolute atomic E-state index is 0.102. The Kier molecular flexibility index (Phi) is 10.00. The Morgan fingerprint density at radius 2 is 1.61 bits per heavy atom. The molecule has 2 atom stereocenters. The van der Waals surface area contributed by atoms with Crippen molar-refractivity contribution in [2.24, 2.45) is 11.7 Å². The Hall–Kier alpha value is -4.20. The summed E-state index contributed by atoms with van der Waals surface area (Å²) < 4.78 is 5.83. The van der Waals surface area contributed by atoms with Crippen LogP contribution in [0.3, 0.4) is 0 Å². The second-order valence-corrected chi connectivity index (χ2v) is 8.66. The van der Waals surface area contributed by atoms with E-state index in [1.807, 2.05) is 66.7 Å². The van der Waals surface area contributed by atoms with Crippen LogP contribution >= 0.6 is 0 Å². The number of carbonyl (C=O) groups excluding carboxylic acids is 3. The Morgan fingerprint density at radius 3 is 2.28 bits per heavy atom. The topological polar surface area (TPSA) is 123 Å². The molecule has 3 amide bonds. The van der Waals surface area contributed by atoms with Gasteiger partial charge >= 0.3 is 0 Å². The zero-order valence-electron chi connectivity index (χ0n) is 20.4. The average Bonchev–Trinajstić information content (AvgIpc) is 2.90. The van der Waals surface area contributed by atoms with Gasteiger partial charge in [-0.2, -0.15) is 0 Å². The maximum Gasteiger partial charge on any atom is 0.243 e. The summed E-state index contributed by atoms with van der Waals surface area (Å²) in [5, 5.41) is 5.69. The Bertz CT molecular complexity index is 1120. The van der Waals surface area contributed by atoms with Crippen LogP contribution in [0.15, 0.2) is 79.1 Å². The largest absolute Gasteiger partial charge is 0.489 e. The maximum atomic E-state index is 13.0. The number of nitrogens with one attached hydrogen (secondary N) is 2. The van der Waals surface area contributed by atoms with E-state index in [1.54, 1.807) is 19.3 Å². The van der Waals surface area contributed by atoms with Gasteiger partial charge in [0.25, 0.3) is 0 Å². The van der Waals surface area contributed by atoms with Gasteiger partial charge in [-0.1, -0.05) is 49.4 Å². The first-order chi connectivity index (χ1) is 17.4. The van der Waals surface area contributed by atoms with Gasteiger partial charge in [0.05, 0.1) is 0 Å². The SMILES string of the molecule is CC(CCC(=O)NC(Cc1ccc(OCc2ccccc2)cc1)C(=O)NCc1ccncc1)C(N)=O. The molecule has 8 heteroatoms. The third-order valence-corrected chi connectivity index (χ3v) is 5.77. The molecule has 0 aliphatic heterocycles. The Balaban J connectivity index is 1.61. The van der Waals surface area contributed by atoms with Gasteiger partial charge in [-0.05, 0) is 47.4 Å². The molecule has 0 saturated heterocycles. The second-order valence-electron chi connectivity index (χ2n) is 8.66. The number of benzene rings is 2. The first-order valence-corrected chi connectivity index (χ1v) is 11.9. The van der Waals surface area contributed by atoms with Crippen LogP contribution in [0.1, 0.15) is 36.5 Å². The van der Waals surface area contributed by atoms with Crippen LogP contribution in [0.25, 0.3) is 0 Å². The Morgan fingerprint density at radius 1 is 0.917 bits per heavy atom. The molecule has 0 fully saturated rings. The molecule has 8 nitrogen and oxygen atoms in total. The van der Waals surface area contributed by atoms with Crippen molar-refractivity contribution >= 4 is 17.7 Å². The van der Waals surface area contributed by atoms with Crippen LogP contribution in [0.2, 0.25) is 0 Å². The molecule has 3 aromatic rings. The van der Waals surface area contributed by atoms with Gasteiger partial charge in [-0.25, -0.2) is 0 Å². The van der Waals surface area contributed by atoms with Crippen LogP contribution in [-0.2, 0) is 34.0 Å². The molecule has 0 aliphatic carbocycles. The normalized spacial score (nSPS) is 12.2. The van der Waals surface area contributed by atoms with Gasteiger partial charge in [-0.3, -0.25) is 19.4 Å². The number of amides is 3. The van der Waals surface area contributed by atoms with Crippen LogP contribution in [0.4, 0.5) is 0 Å². The number of carbonyl (C=O) groups is 3. The average molecular weight is 489 g/mol.